The van der Waals surface area contributed by atoms with E-state index in [0.717, 1.165) is 44.3 Å². The minimum absolute atomic E-state index is 0.0625. The smallest absolute Gasteiger partial charge is 0.274 e. The Morgan fingerprint density at radius 3 is 2.41 bits per heavy atom. The molecule has 8 heteroatoms. The maximum absolute atomic E-state index is 13.6. The summed E-state index contributed by atoms with van der Waals surface area (Å²) in [6.45, 7) is 1.99. The minimum Gasteiger partial charge on any atom is -0.439 e. The van der Waals surface area contributed by atoms with Gasteiger partial charge in [-0.15, -0.1) is 0 Å². The maximum atomic E-state index is 13.6. The zero-order chi connectivity index (χ0) is 23.5. The molecule has 5 rings (SSSR count). The number of rotatable bonds is 7. The van der Waals surface area contributed by atoms with Crippen molar-refractivity contribution in [1.29, 1.82) is 0 Å². The van der Waals surface area contributed by atoms with Crippen molar-refractivity contribution in [3.05, 3.63) is 69.8 Å². The van der Waals surface area contributed by atoms with Crippen molar-refractivity contribution in [2.75, 3.05) is 13.1 Å². The van der Waals surface area contributed by atoms with Gasteiger partial charge >= 0.3 is 0 Å². The topological polar surface area (TPSA) is 59.4 Å². The highest BCUT2D eigenvalue weighted by Gasteiger charge is 2.31. The van der Waals surface area contributed by atoms with Crippen LogP contribution in [0.1, 0.15) is 54.6 Å². The molecule has 1 saturated heterocycles. The third-order valence-corrected chi connectivity index (χ3v) is 7.14. The van der Waals surface area contributed by atoms with Gasteiger partial charge in [-0.05, 0) is 62.1 Å². The quantitative estimate of drug-likeness (QED) is 0.418. The van der Waals surface area contributed by atoms with Crippen LogP contribution in [0.5, 0.6) is 11.6 Å². The largest absolute Gasteiger partial charge is 0.439 e. The molecule has 2 aliphatic rings. The summed E-state index contributed by atoms with van der Waals surface area (Å²) in [5, 5.41) is 9.59. The molecule has 1 saturated carbocycles. The number of hydrogen-bond donors (Lipinski definition) is 1. The Balaban J connectivity index is 1.61. The van der Waals surface area contributed by atoms with E-state index in [-0.39, 0.29) is 5.91 Å². The molecule has 2 aromatic carbocycles. The molecule has 0 radical (unpaired) electrons. The van der Waals surface area contributed by atoms with Gasteiger partial charge in [0.1, 0.15) is 5.75 Å². The van der Waals surface area contributed by atoms with Crippen LogP contribution in [-0.4, -0.2) is 39.7 Å². The Morgan fingerprint density at radius 2 is 1.71 bits per heavy atom. The Morgan fingerprint density at radius 1 is 1.00 bits per heavy atom. The van der Waals surface area contributed by atoms with Crippen LogP contribution in [0.3, 0.4) is 0 Å². The Hall–Kier alpha value is -2.54. The van der Waals surface area contributed by atoms with Crippen molar-refractivity contribution in [3.63, 3.8) is 0 Å². The fraction of sp³-hybridized carbons (Fsp3) is 0.385. The number of halogens is 2. The van der Waals surface area contributed by atoms with E-state index in [2.05, 4.69) is 5.32 Å². The molecule has 0 bridgehead atoms. The van der Waals surface area contributed by atoms with E-state index in [1.165, 1.54) is 12.8 Å². The Bertz CT molecular complexity index is 1150. The van der Waals surface area contributed by atoms with Crippen molar-refractivity contribution >= 4 is 29.1 Å². The SMILES string of the molecule is O=C(c1nn(-c2ccccc2Cl)c(Oc2ccc(Cl)cc2)c1CNC1CCCC1)N1CCCC1. The number of hydrogen-bond acceptors (Lipinski definition) is 4. The van der Waals surface area contributed by atoms with Crippen LogP contribution in [0.4, 0.5) is 0 Å². The molecule has 0 spiro atoms. The molecule has 1 N–H and O–H groups in total. The predicted octanol–water partition coefficient (Wildman–Crippen LogP) is 6.24. The zero-order valence-electron chi connectivity index (χ0n) is 19.0. The molecule has 1 amide bonds. The molecule has 0 unspecified atom stereocenters. The number of benzene rings is 2. The highest BCUT2D eigenvalue weighted by Crippen LogP contribution is 2.35. The summed E-state index contributed by atoms with van der Waals surface area (Å²) in [6.07, 6.45) is 6.76. The van der Waals surface area contributed by atoms with Crippen LogP contribution < -0.4 is 10.1 Å². The molecule has 1 aliphatic heterocycles. The van der Waals surface area contributed by atoms with Gasteiger partial charge in [0.15, 0.2) is 5.69 Å². The van der Waals surface area contributed by atoms with Crippen LogP contribution in [0, 0.1) is 0 Å². The molecule has 2 fully saturated rings. The van der Waals surface area contributed by atoms with E-state index in [0.29, 0.717) is 45.6 Å². The monoisotopic (exact) mass is 498 g/mol. The third kappa shape index (κ3) is 4.95. The summed E-state index contributed by atoms with van der Waals surface area (Å²) < 4.78 is 8.04. The zero-order valence-corrected chi connectivity index (χ0v) is 20.5. The fourth-order valence-electron chi connectivity index (χ4n) is 4.72. The fourth-order valence-corrected chi connectivity index (χ4v) is 5.06. The van der Waals surface area contributed by atoms with E-state index in [1.54, 1.807) is 16.8 Å². The molecule has 1 aliphatic carbocycles. The van der Waals surface area contributed by atoms with E-state index >= 15 is 0 Å². The number of carbonyl (C=O) groups is 1. The third-order valence-electron chi connectivity index (χ3n) is 6.56. The standard InChI is InChI=1S/C26H28Cl2N4O2/c27-18-11-13-20(14-12-18)34-26-21(17-29-19-7-1-2-8-19)24(25(33)31-15-5-6-16-31)30-32(26)23-10-4-3-9-22(23)28/h3-4,9-14,19,29H,1-2,5-8,15-17H2. The van der Waals surface area contributed by atoms with E-state index in [4.69, 9.17) is 33.0 Å². The number of aromatic nitrogens is 2. The van der Waals surface area contributed by atoms with Gasteiger partial charge < -0.3 is 15.0 Å². The lowest BCUT2D eigenvalue weighted by molar-refractivity contribution is 0.0785. The first-order chi connectivity index (χ1) is 16.6. The number of likely N-dealkylation sites (tertiary alicyclic amines) is 1. The van der Waals surface area contributed by atoms with Gasteiger partial charge in [-0.25, -0.2) is 0 Å². The summed E-state index contributed by atoms with van der Waals surface area (Å²) >= 11 is 12.6. The van der Waals surface area contributed by atoms with E-state index in [1.807, 2.05) is 41.3 Å². The molecule has 3 aromatic rings. The van der Waals surface area contributed by atoms with Gasteiger partial charge in [-0.2, -0.15) is 9.78 Å². The molecule has 1 aromatic heterocycles. The average Bonchev–Trinajstić information content (AvgIpc) is 3.61. The summed E-state index contributed by atoms with van der Waals surface area (Å²) in [5.74, 6) is 1.04. The highest BCUT2D eigenvalue weighted by molar-refractivity contribution is 6.32. The summed E-state index contributed by atoms with van der Waals surface area (Å²) in [5.41, 5.74) is 1.82. The van der Waals surface area contributed by atoms with E-state index in [9.17, 15) is 4.79 Å². The molecule has 0 atom stereocenters. The number of carbonyl (C=O) groups excluding carboxylic acids is 1. The van der Waals surface area contributed by atoms with Crippen molar-refractivity contribution < 1.29 is 9.53 Å². The second-order valence-corrected chi connectivity index (χ2v) is 9.76. The van der Waals surface area contributed by atoms with Crippen LogP contribution in [-0.2, 0) is 6.54 Å². The van der Waals surface area contributed by atoms with Gasteiger partial charge in [0.2, 0.25) is 5.88 Å². The molecular formula is C26H28Cl2N4O2. The van der Waals surface area contributed by atoms with Gasteiger partial charge in [0.05, 0.1) is 16.3 Å². The molecular weight excluding hydrogens is 471 g/mol. The Labute approximate surface area is 209 Å². The van der Waals surface area contributed by atoms with Gasteiger partial charge in [0.25, 0.3) is 5.91 Å². The van der Waals surface area contributed by atoms with Crippen molar-refractivity contribution in [2.45, 2.75) is 51.1 Å². The first kappa shape index (κ1) is 23.2. The number of nitrogens with one attached hydrogen (secondary N) is 1. The lowest BCUT2D eigenvalue weighted by Crippen LogP contribution is -2.30. The summed E-state index contributed by atoms with van der Waals surface area (Å²) in [7, 11) is 0. The van der Waals surface area contributed by atoms with Crippen LogP contribution in [0.2, 0.25) is 10.0 Å². The number of nitrogens with zero attached hydrogens (tertiary/aromatic N) is 3. The lowest BCUT2D eigenvalue weighted by Gasteiger charge is -2.17. The average molecular weight is 499 g/mol. The second kappa shape index (κ2) is 10.4. The van der Waals surface area contributed by atoms with Crippen molar-refractivity contribution in [2.24, 2.45) is 0 Å². The van der Waals surface area contributed by atoms with Gasteiger partial charge in [-0.1, -0.05) is 48.2 Å². The molecule has 6 nitrogen and oxygen atoms in total. The Kier molecular flexibility index (Phi) is 7.09. The van der Waals surface area contributed by atoms with Crippen LogP contribution in [0.25, 0.3) is 5.69 Å². The van der Waals surface area contributed by atoms with Gasteiger partial charge in [-0.3, -0.25) is 4.79 Å². The van der Waals surface area contributed by atoms with Gasteiger partial charge in [0, 0.05) is 30.7 Å². The number of amides is 1. The van der Waals surface area contributed by atoms with E-state index < -0.39 is 0 Å². The highest BCUT2D eigenvalue weighted by atomic mass is 35.5. The minimum atomic E-state index is -0.0625. The summed E-state index contributed by atoms with van der Waals surface area (Å²) in [6, 6.07) is 15.1. The molecule has 34 heavy (non-hydrogen) atoms. The first-order valence-corrected chi connectivity index (χ1v) is 12.7. The van der Waals surface area contributed by atoms with Crippen molar-refractivity contribution in [3.8, 4) is 17.3 Å². The van der Waals surface area contributed by atoms with Crippen molar-refractivity contribution in [1.82, 2.24) is 20.0 Å². The first-order valence-electron chi connectivity index (χ1n) is 11.9. The lowest BCUT2D eigenvalue weighted by atomic mass is 10.2. The number of para-hydroxylation sites is 1. The summed E-state index contributed by atoms with van der Waals surface area (Å²) in [4.78, 5) is 15.4. The second-order valence-electron chi connectivity index (χ2n) is 8.91. The normalized spacial score (nSPS) is 16.4. The molecule has 178 valence electrons. The number of ether oxygens (including phenoxy) is 1. The predicted molar refractivity (Wildman–Crippen MR) is 134 cm³/mol. The molecule has 2 heterocycles. The van der Waals surface area contributed by atoms with Crippen LogP contribution >= 0.6 is 23.2 Å². The maximum Gasteiger partial charge on any atom is 0.274 e. The van der Waals surface area contributed by atoms with Crippen LogP contribution in [0.15, 0.2) is 48.5 Å².